The van der Waals surface area contributed by atoms with Crippen molar-refractivity contribution in [3.8, 4) is 23.0 Å². The predicted molar refractivity (Wildman–Crippen MR) is 308 cm³/mol. The molecule has 0 saturated heterocycles. The molecule has 0 fully saturated rings. The van der Waals surface area contributed by atoms with E-state index >= 15 is 0 Å². The van der Waals surface area contributed by atoms with Gasteiger partial charge in [0.05, 0.1) is 44.5 Å². The molecule has 4 heterocycles. The monoisotopic (exact) mass is 1360 g/mol. The van der Waals surface area contributed by atoms with Crippen molar-refractivity contribution in [1.82, 2.24) is 62.1 Å². The summed E-state index contributed by atoms with van der Waals surface area (Å²) in [6.45, 7) is 2.15. The number of hydrogen-bond donors (Lipinski definition) is 12. The molecular weight excluding hydrogens is 1300 g/mol. The zero-order valence-corrected chi connectivity index (χ0v) is 49.5. The molecule has 80 heavy (non-hydrogen) atoms. The van der Waals surface area contributed by atoms with E-state index in [1.54, 1.807) is 0 Å². The van der Waals surface area contributed by atoms with Gasteiger partial charge in [0, 0.05) is 149 Å². The minimum Gasteiger partial charge on any atom is -0.506 e. The summed E-state index contributed by atoms with van der Waals surface area (Å²) in [6, 6.07) is 11.1. The molecule has 4 aliphatic heterocycles. The summed E-state index contributed by atoms with van der Waals surface area (Å²) >= 11 is 13.5. The van der Waals surface area contributed by atoms with Crippen molar-refractivity contribution in [2.45, 2.75) is 0 Å². The number of halogens is 4. The van der Waals surface area contributed by atoms with E-state index in [1.807, 2.05) is 19.6 Å². The molecule has 0 radical (unpaired) electrons. The second-order valence-corrected chi connectivity index (χ2v) is 22.5. The van der Waals surface area contributed by atoms with Crippen LogP contribution in [-0.2, 0) is 0 Å². The molecule has 28 heteroatoms. The van der Waals surface area contributed by atoms with Gasteiger partial charge in [0.15, 0.2) is 0 Å². The van der Waals surface area contributed by atoms with E-state index < -0.39 is 70.3 Å². The summed E-state index contributed by atoms with van der Waals surface area (Å²) < 4.78 is 1.38. The Kier molecular flexibility index (Phi) is 22.1. The normalized spacial score (nSPS) is 21.4. The van der Waals surface area contributed by atoms with Gasteiger partial charge in [0.1, 0.15) is 23.0 Å². The second kappa shape index (κ2) is 28.8. The molecule has 0 unspecified atom stereocenters. The number of aromatic hydroxyl groups is 4. The Labute approximate surface area is 493 Å². The number of hydrogen-bond acceptors (Lipinski definition) is 16. The number of phenolic OH excluding ortho intramolecular Hbond substituents is 4. The lowest BCUT2D eigenvalue weighted by molar-refractivity contribution is 0.0909. The van der Waals surface area contributed by atoms with Crippen LogP contribution >= 0.6 is 63.7 Å². The Morgan fingerprint density at radius 2 is 0.375 bits per heavy atom. The van der Waals surface area contributed by atoms with Gasteiger partial charge in [-0.1, -0.05) is 63.7 Å². The summed E-state index contributed by atoms with van der Waals surface area (Å²) in [4.78, 5) is 118. The molecule has 4 aliphatic rings. The highest BCUT2D eigenvalue weighted by Gasteiger charge is 2.27. The molecule has 4 aromatic carbocycles. The molecule has 8 amide bonds. The van der Waals surface area contributed by atoms with E-state index in [2.05, 4.69) is 106 Å². The van der Waals surface area contributed by atoms with Crippen LogP contribution in [-0.4, -0.2) is 218 Å². The quantitative estimate of drug-likeness (QED) is 0.119. The molecule has 0 spiro atoms. The fourth-order valence-electron chi connectivity index (χ4n) is 9.07. The van der Waals surface area contributed by atoms with E-state index in [0.717, 1.165) is 0 Å². The molecule has 0 aromatic heterocycles. The lowest BCUT2D eigenvalue weighted by Gasteiger charge is -2.28. The van der Waals surface area contributed by atoms with Crippen molar-refractivity contribution >= 4 is 111 Å². The van der Waals surface area contributed by atoms with Gasteiger partial charge >= 0.3 is 0 Å². The first-order valence-electron chi connectivity index (χ1n) is 25.5. The van der Waals surface area contributed by atoms with Gasteiger partial charge in [-0.2, -0.15) is 0 Å². The third-order valence-corrected chi connectivity index (χ3v) is 15.3. The molecule has 0 saturated carbocycles. The van der Waals surface area contributed by atoms with Crippen LogP contribution in [0.2, 0.25) is 0 Å². The maximum Gasteiger partial charge on any atom is 0.255 e. The molecule has 0 aliphatic carbocycles. The highest BCUT2D eigenvalue weighted by atomic mass is 79.9. The van der Waals surface area contributed by atoms with Gasteiger partial charge in [0.2, 0.25) is 0 Å². The lowest BCUT2D eigenvalue weighted by Crippen LogP contribution is -2.46. The van der Waals surface area contributed by atoms with E-state index in [1.165, 1.54) is 48.5 Å². The van der Waals surface area contributed by atoms with Crippen LogP contribution in [0.5, 0.6) is 23.0 Å². The summed E-state index contributed by atoms with van der Waals surface area (Å²) in [7, 11) is 0. The Morgan fingerprint density at radius 3 is 0.500 bits per heavy atom. The van der Waals surface area contributed by atoms with Crippen molar-refractivity contribution < 1.29 is 58.8 Å². The van der Waals surface area contributed by atoms with Crippen LogP contribution in [0.1, 0.15) is 82.9 Å². The third kappa shape index (κ3) is 16.4. The van der Waals surface area contributed by atoms with Crippen molar-refractivity contribution in [3.05, 3.63) is 111 Å². The summed E-state index contributed by atoms with van der Waals surface area (Å²) in [5.41, 5.74) is -1.41. The van der Waals surface area contributed by atoms with Gasteiger partial charge in [-0.3, -0.25) is 58.0 Å². The zero-order chi connectivity index (χ0) is 57.6. The van der Waals surface area contributed by atoms with Crippen molar-refractivity contribution in [2.24, 2.45) is 0 Å². The number of phenols is 4. The summed E-state index contributed by atoms with van der Waals surface area (Å²) in [6.07, 6.45) is 0. The van der Waals surface area contributed by atoms with Crippen molar-refractivity contribution in [1.29, 1.82) is 0 Å². The highest BCUT2D eigenvalue weighted by Crippen LogP contribution is 2.31. The lowest BCUT2D eigenvalue weighted by atomic mass is 10.1. The Balaban J connectivity index is 1.31. The molecule has 24 nitrogen and oxygen atoms in total. The smallest absolute Gasteiger partial charge is 0.255 e. The summed E-state index contributed by atoms with van der Waals surface area (Å²) in [5, 5.41) is 68.1. The van der Waals surface area contributed by atoms with Crippen LogP contribution in [0.3, 0.4) is 0 Å². The fourth-order valence-corrected chi connectivity index (χ4v) is 10.9. The SMILES string of the molecule is O=C1NCCN2CCNC(=O)c3cc(Br)cc(c3O)C(=O)NCCN(CCNC(=O)c3cc(Br)cc1c3O)CCN1CCNC(=O)c3cc(Br)cc(c3O)C(=O)NCCN(CCNC(=O)c3cc(Br)cc(c3O)C(=O)NCC1)CC2. The van der Waals surface area contributed by atoms with E-state index in [0.29, 0.717) is 17.9 Å². The van der Waals surface area contributed by atoms with Gasteiger partial charge in [0.25, 0.3) is 47.3 Å². The number of rotatable bonds is 0. The Hall–Kier alpha value is -6.40. The average molecular weight is 1360 g/mol. The fraction of sp³-hybridized carbons (Fsp3) is 0.385. The first-order valence-corrected chi connectivity index (χ1v) is 28.7. The van der Waals surface area contributed by atoms with E-state index in [9.17, 15) is 58.8 Å². The highest BCUT2D eigenvalue weighted by molar-refractivity contribution is 9.11. The average Bonchev–Trinajstić information content (AvgIpc) is 3.46. The maximum absolute atomic E-state index is 13.8. The maximum atomic E-state index is 13.8. The molecule has 4 aromatic rings. The first-order chi connectivity index (χ1) is 38.3. The second-order valence-electron chi connectivity index (χ2n) is 18.8. The van der Waals surface area contributed by atoms with Crippen LogP contribution in [0.4, 0.5) is 0 Å². The van der Waals surface area contributed by atoms with E-state index in [-0.39, 0.29) is 175 Å². The predicted octanol–water partition coefficient (Wildman–Crippen LogP) is 1.75. The number of carbonyl (C=O) groups is 8. The van der Waals surface area contributed by atoms with Crippen LogP contribution in [0.15, 0.2) is 66.4 Å². The Morgan fingerprint density at radius 1 is 0.250 bits per heavy atom. The number of nitrogens with zero attached hydrogens (tertiary/aromatic N) is 4. The summed E-state index contributed by atoms with van der Waals surface area (Å²) in [5.74, 6) is -7.67. The standard InChI is InChI=1S/C52H60Br4N12O12/c53-29-21-33-41(69)34(22-29)46(74)59-5-13-67-14-6-62-50(78)36-24-30(54)23-35(42(36)70)47(75)58-2-10-65(9-1-57-45(33)73)17-18-66-11-3-60-48(76)37-25-31(55)27-39(43(37)71)51(79)63-7-15-68(20-19-67)16-8-64-52(80)40-28-32(56)26-38(44(40)72)49(77)61-4-12-66/h21-28,69-72H,1-20H2,(H,57,73)(H,58,75)(H,59,74)(H,60,76)(H,61,77)(H,62,78)(H,63,79)(H,64,80). The van der Waals surface area contributed by atoms with Crippen molar-refractivity contribution in [2.75, 3.05) is 131 Å². The minimum atomic E-state index is -0.682. The topological polar surface area (TPSA) is 327 Å². The molecule has 12 bridgehead atoms. The third-order valence-electron chi connectivity index (χ3n) is 13.4. The van der Waals surface area contributed by atoms with Gasteiger partial charge in [-0.25, -0.2) is 0 Å². The first kappa shape index (κ1) is 61.2. The molecule has 8 rings (SSSR count). The number of fused-ring (bicyclic) bond motifs is 16. The minimum absolute atomic E-state index is 0.00316. The molecular formula is C52H60Br4N12O12. The number of nitrogens with one attached hydrogen (secondary N) is 8. The largest absolute Gasteiger partial charge is 0.506 e. The molecule has 428 valence electrons. The number of amides is 8. The van der Waals surface area contributed by atoms with Crippen LogP contribution < -0.4 is 42.5 Å². The molecule has 12 N–H and O–H groups in total. The van der Waals surface area contributed by atoms with Gasteiger partial charge in [-0.15, -0.1) is 0 Å². The molecule has 0 atom stereocenters. The van der Waals surface area contributed by atoms with E-state index in [4.69, 9.17) is 0 Å². The van der Waals surface area contributed by atoms with Crippen LogP contribution in [0, 0.1) is 0 Å². The van der Waals surface area contributed by atoms with Crippen LogP contribution in [0.25, 0.3) is 0 Å². The number of benzene rings is 4. The zero-order valence-electron chi connectivity index (χ0n) is 43.1. The van der Waals surface area contributed by atoms with Crippen molar-refractivity contribution in [3.63, 3.8) is 0 Å². The number of carbonyl (C=O) groups excluding carboxylic acids is 8. The van der Waals surface area contributed by atoms with Gasteiger partial charge < -0.3 is 63.0 Å². The van der Waals surface area contributed by atoms with Gasteiger partial charge in [-0.05, 0) is 48.5 Å². The Bertz CT molecular complexity index is 2470.